The molecule has 17 heavy (non-hydrogen) atoms. The molecule has 0 unspecified atom stereocenters. The number of nitriles is 1. The third-order valence-corrected chi connectivity index (χ3v) is 3.88. The zero-order valence-electron chi connectivity index (χ0n) is 9.90. The van der Waals surface area contributed by atoms with Gasteiger partial charge in [0.2, 0.25) is 0 Å². The first kappa shape index (κ1) is 12.6. The lowest BCUT2D eigenvalue weighted by atomic mass is 10.1. The van der Waals surface area contributed by atoms with E-state index in [9.17, 15) is 0 Å². The fraction of sp³-hybridized carbons (Fsp3) is 0.500. The SMILES string of the molecule is N#CCN(Cc1cccc(Br)c1)C1CCCC1. The van der Waals surface area contributed by atoms with Gasteiger partial charge in [-0.05, 0) is 30.5 Å². The van der Waals surface area contributed by atoms with Crippen molar-refractivity contribution in [3.8, 4) is 6.07 Å². The molecule has 0 aromatic heterocycles. The number of nitrogens with zero attached hydrogens (tertiary/aromatic N) is 2. The molecule has 0 radical (unpaired) electrons. The van der Waals surface area contributed by atoms with E-state index < -0.39 is 0 Å². The number of hydrogen-bond acceptors (Lipinski definition) is 2. The van der Waals surface area contributed by atoms with Crippen molar-refractivity contribution in [2.75, 3.05) is 6.54 Å². The van der Waals surface area contributed by atoms with Gasteiger partial charge in [-0.2, -0.15) is 5.26 Å². The first-order valence-electron chi connectivity index (χ1n) is 6.15. The number of hydrogen-bond donors (Lipinski definition) is 0. The molecule has 0 aliphatic heterocycles. The topological polar surface area (TPSA) is 27.0 Å². The maximum Gasteiger partial charge on any atom is 0.0871 e. The zero-order valence-corrected chi connectivity index (χ0v) is 11.5. The summed E-state index contributed by atoms with van der Waals surface area (Å²) in [6, 6.07) is 11.3. The van der Waals surface area contributed by atoms with Gasteiger partial charge in [0.25, 0.3) is 0 Å². The van der Waals surface area contributed by atoms with Crippen LogP contribution in [0.3, 0.4) is 0 Å². The van der Waals surface area contributed by atoms with Crippen molar-refractivity contribution in [2.24, 2.45) is 0 Å². The third kappa shape index (κ3) is 3.55. The molecule has 0 amide bonds. The van der Waals surface area contributed by atoms with Crippen LogP contribution in [0.4, 0.5) is 0 Å². The Morgan fingerprint density at radius 1 is 1.35 bits per heavy atom. The second kappa shape index (κ2) is 6.18. The van der Waals surface area contributed by atoms with Crippen molar-refractivity contribution in [1.29, 1.82) is 5.26 Å². The van der Waals surface area contributed by atoms with Crippen LogP contribution in [-0.2, 0) is 6.54 Å². The molecule has 1 aliphatic rings. The van der Waals surface area contributed by atoms with Gasteiger partial charge < -0.3 is 0 Å². The summed E-state index contributed by atoms with van der Waals surface area (Å²) >= 11 is 3.49. The molecule has 0 N–H and O–H groups in total. The second-order valence-corrected chi connectivity index (χ2v) is 5.55. The lowest BCUT2D eigenvalue weighted by molar-refractivity contribution is 0.214. The molecule has 0 bridgehead atoms. The van der Waals surface area contributed by atoms with Crippen molar-refractivity contribution in [3.05, 3.63) is 34.3 Å². The summed E-state index contributed by atoms with van der Waals surface area (Å²) < 4.78 is 1.11. The van der Waals surface area contributed by atoms with Crippen molar-refractivity contribution in [1.82, 2.24) is 4.90 Å². The van der Waals surface area contributed by atoms with Gasteiger partial charge in [-0.25, -0.2) is 0 Å². The monoisotopic (exact) mass is 292 g/mol. The van der Waals surface area contributed by atoms with Crippen LogP contribution in [0.5, 0.6) is 0 Å². The molecule has 1 aliphatic carbocycles. The normalized spacial score (nSPS) is 16.3. The van der Waals surface area contributed by atoms with Crippen LogP contribution in [0.2, 0.25) is 0 Å². The Hall–Kier alpha value is -0.850. The highest BCUT2D eigenvalue weighted by Gasteiger charge is 2.22. The summed E-state index contributed by atoms with van der Waals surface area (Å²) in [7, 11) is 0. The summed E-state index contributed by atoms with van der Waals surface area (Å²) in [6.45, 7) is 1.43. The van der Waals surface area contributed by atoms with E-state index in [1.807, 2.05) is 6.07 Å². The molecule has 3 heteroatoms. The molecule has 1 saturated carbocycles. The maximum atomic E-state index is 8.93. The van der Waals surface area contributed by atoms with Gasteiger partial charge in [0.05, 0.1) is 12.6 Å². The lowest BCUT2D eigenvalue weighted by Crippen LogP contribution is -2.33. The highest BCUT2D eigenvalue weighted by molar-refractivity contribution is 9.10. The Bertz CT molecular complexity index is 405. The summed E-state index contributed by atoms with van der Waals surface area (Å²) in [4.78, 5) is 2.31. The third-order valence-electron chi connectivity index (χ3n) is 3.39. The molecule has 2 nitrogen and oxygen atoms in total. The van der Waals surface area contributed by atoms with E-state index in [0.29, 0.717) is 12.6 Å². The molecule has 90 valence electrons. The van der Waals surface area contributed by atoms with Gasteiger partial charge >= 0.3 is 0 Å². The largest absolute Gasteiger partial charge is 0.283 e. The first-order valence-corrected chi connectivity index (χ1v) is 6.94. The predicted octanol–water partition coefficient (Wildman–Crippen LogP) is 3.72. The van der Waals surface area contributed by atoms with Gasteiger partial charge in [-0.1, -0.05) is 40.9 Å². The van der Waals surface area contributed by atoms with Crippen LogP contribution in [0.1, 0.15) is 31.2 Å². The predicted molar refractivity (Wildman–Crippen MR) is 72.4 cm³/mol. The van der Waals surface area contributed by atoms with Gasteiger partial charge in [0, 0.05) is 17.1 Å². The quantitative estimate of drug-likeness (QED) is 0.791. The molecule has 2 rings (SSSR count). The molecular weight excluding hydrogens is 276 g/mol. The number of halogens is 1. The van der Waals surface area contributed by atoms with E-state index in [2.05, 4.69) is 45.1 Å². The van der Waals surface area contributed by atoms with Crippen molar-refractivity contribution in [3.63, 3.8) is 0 Å². The van der Waals surface area contributed by atoms with Crippen LogP contribution in [0.25, 0.3) is 0 Å². The Morgan fingerprint density at radius 2 is 2.12 bits per heavy atom. The van der Waals surface area contributed by atoms with Gasteiger partial charge in [0.1, 0.15) is 0 Å². The summed E-state index contributed by atoms with van der Waals surface area (Å²) in [5, 5.41) is 8.93. The fourth-order valence-corrected chi connectivity index (χ4v) is 2.99. The summed E-state index contributed by atoms with van der Waals surface area (Å²) in [5.41, 5.74) is 1.28. The van der Waals surface area contributed by atoms with E-state index in [1.54, 1.807) is 0 Å². The fourth-order valence-electron chi connectivity index (χ4n) is 2.54. The van der Waals surface area contributed by atoms with E-state index >= 15 is 0 Å². The number of rotatable bonds is 4. The molecular formula is C14H17BrN2. The highest BCUT2D eigenvalue weighted by atomic mass is 79.9. The van der Waals surface area contributed by atoms with Gasteiger partial charge in [0.15, 0.2) is 0 Å². The Labute approximate surface area is 111 Å². The minimum Gasteiger partial charge on any atom is -0.283 e. The van der Waals surface area contributed by atoms with Crippen molar-refractivity contribution in [2.45, 2.75) is 38.3 Å². The maximum absolute atomic E-state index is 8.93. The standard InChI is InChI=1S/C14H17BrN2/c15-13-5-3-4-12(10-13)11-17(9-8-16)14-6-1-2-7-14/h3-5,10,14H,1-2,6-7,9,11H2. The number of benzene rings is 1. The minimum atomic E-state index is 0.539. The zero-order chi connectivity index (χ0) is 12.1. The summed E-state index contributed by atoms with van der Waals surface area (Å²) in [5.74, 6) is 0. The Balaban J connectivity index is 2.04. The molecule has 1 aromatic rings. The van der Waals surface area contributed by atoms with Crippen LogP contribution in [-0.4, -0.2) is 17.5 Å². The average Bonchev–Trinajstić information content (AvgIpc) is 2.82. The highest BCUT2D eigenvalue weighted by Crippen LogP contribution is 2.25. The smallest absolute Gasteiger partial charge is 0.0871 e. The van der Waals surface area contributed by atoms with Crippen molar-refractivity contribution >= 4 is 15.9 Å². The second-order valence-electron chi connectivity index (χ2n) is 4.63. The average molecular weight is 293 g/mol. The van der Waals surface area contributed by atoms with E-state index in [0.717, 1.165) is 11.0 Å². The van der Waals surface area contributed by atoms with Crippen molar-refractivity contribution < 1.29 is 0 Å². The lowest BCUT2D eigenvalue weighted by Gasteiger charge is -2.26. The molecule has 0 heterocycles. The molecule has 0 spiro atoms. The Kier molecular flexibility index (Phi) is 4.58. The minimum absolute atomic E-state index is 0.539. The first-order chi connectivity index (χ1) is 8.29. The van der Waals surface area contributed by atoms with Crippen LogP contribution >= 0.6 is 15.9 Å². The van der Waals surface area contributed by atoms with E-state index in [-0.39, 0.29) is 0 Å². The molecule has 0 saturated heterocycles. The van der Waals surface area contributed by atoms with Crippen LogP contribution < -0.4 is 0 Å². The van der Waals surface area contributed by atoms with Gasteiger partial charge in [-0.15, -0.1) is 0 Å². The van der Waals surface area contributed by atoms with Crippen LogP contribution in [0, 0.1) is 11.3 Å². The molecule has 1 aromatic carbocycles. The van der Waals surface area contributed by atoms with E-state index in [4.69, 9.17) is 5.26 Å². The van der Waals surface area contributed by atoms with Crippen LogP contribution in [0.15, 0.2) is 28.7 Å². The molecule has 0 atom stereocenters. The summed E-state index contributed by atoms with van der Waals surface area (Å²) in [6.07, 6.45) is 5.11. The van der Waals surface area contributed by atoms with E-state index in [1.165, 1.54) is 31.2 Å². The molecule has 1 fully saturated rings. The van der Waals surface area contributed by atoms with Gasteiger partial charge in [-0.3, -0.25) is 4.90 Å². The Morgan fingerprint density at radius 3 is 2.76 bits per heavy atom.